The molecular weight excluding hydrogens is 352 g/mol. The van der Waals surface area contributed by atoms with Crippen LogP contribution in [0.3, 0.4) is 0 Å². The molecule has 0 aliphatic carbocycles. The molecular formula is C20H23F2N3O2. The minimum Gasteiger partial charge on any atom is -0.341 e. The van der Waals surface area contributed by atoms with E-state index in [4.69, 9.17) is 0 Å². The highest BCUT2D eigenvalue weighted by atomic mass is 19.2. The number of rotatable bonds is 5. The number of likely N-dealkylation sites (tertiary alicyclic amines) is 1. The molecule has 1 fully saturated rings. The average Bonchev–Trinajstić information content (AvgIpc) is 2.66. The number of nitrogens with zero attached hydrogens (tertiary/aromatic N) is 3. The van der Waals surface area contributed by atoms with Crippen molar-refractivity contribution in [2.75, 3.05) is 13.1 Å². The minimum absolute atomic E-state index is 0.0591. The molecule has 0 radical (unpaired) electrons. The van der Waals surface area contributed by atoms with Gasteiger partial charge in [-0.3, -0.25) is 9.59 Å². The van der Waals surface area contributed by atoms with Crippen LogP contribution in [-0.2, 0) is 17.8 Å². The SMILES string of the molecule is Cc1ccc(=O)n(CC(=O)N2CCC[C@@H](CCc3ccc(F)c(F)c3)C2)n1. The Morgan fingerprint density at radius 3 is 2.81 bits per heavy atom. The number of halogens is 2. The van der Waals surface area contributed by atoms with Crippen LogP contribution >= 0.6 is 0 Å². The maximum Gasteiger partial charge on any atom is 0.267 e. The van der Waals surface area contributed by atoms with Crippen LogP contribution in [0, 0.1) is 24.5 Å². The summed E-state index contributed by atoms with van der Waals surface area (Å²) in [6.07, 6.45) is 3.33. The highest BCUT2D eigenvalue weighted by molar-refractivity contribution is 5.76. The number of hydrogen-bond donors (Lipinski definition) is 0. The lowest BCUT2D eigenvalue weighted by molar-refractivity contribution is -0.134. The summed E-state index contributed by atoms with van der Waals surface area (Å²) in [4.78, 5) is 26.2. The maximum atomic E-state index is 13.3. The summed E-state index contributed by atoms with van der Waals surface area (Å²) in [6.45, 7) is 3.00. The van der Waals surface area contributed by atoms with Gasteiger partial charge in [-0.05, 0) is 62.3 Å². The lowest BCUT2D eigenvalue weighted by Crippen LogP contribution is -2.43. The standard InChI is InChI=1S/C20H23F2N3O2/c1-14-4-9-19(26)25(23-14)13-20(27)24-10-2-3-16(12-24)6-5-15-7-8-17(21)18(22)11-15/h4,7-9,11,16H,2-3,5-6,10,12-13H2,1H3/t16-/m0/s1. The van der Waals surface area contributed by atoms with Gasteiger partial charge in [0.05, 0.1) is 5.69 Å². The van der Waals surface area contributed by atoms with Crippen molar-refractivity contribution < 1.29 is 13.6 Å². The van der Waals surface area contributed by atoms with Crippen LogP contribution < -0.4 is 5.56 Å². The molecule has 1 aliphatic heterocycles. The number of benzene rings is 1. The summed E-state index contributed by atoms with van der Waals surface area (Å²) in [7, 11) is 0. The van der Waals surface area contributed by atoms with Gasteiger partial charge in [0, 0.05) is 19.2 Å². The molecule has 1 aliphatic rings. The van der Waals surface area contributed by atoms with Gasteiger partial charge in [-0.15, -0.1) is 0 Å². The van der Waals surface area contributed by atoms with E-state index in [1.165, 1.54) is 16.8 Å². The average molecular weight is 375 g/mol. The van der Waals surface area contributed by atoms with Gasteiger partial charge in [0.2, 0.25) is 5.91 Å². The fraction of sp³-hybridized carbons (Fsp3) is 0.450. The third-order valence-corrected chi connectivity index (χ3v) is 4.98. The van der Waals surface area contributed by atoms with Crippen molar-refractivity contribution in [1.29, 1.82) is 0 Å². The van der Waals surface area contributed by atoms with E-state index in [1.54, 1.807) is 24.0 Å². The molecule has 2 heterocycles. The molecule has 0 saturated carbocycles. The van der Waals surface area contributed by atoms with Crippen LogP contribution in [0.4, 0.5) is 8.78 Å². The zero-order valence-corrected chi connectivity index (χ0v) is 15.3. The number of carbonyl (C=O) groups is 1. The van der Waals surface area contributed by atoms with Gasteiger partial charge in [-0.1, -0.05) is 6.07 Å². The second kappa shape index (κ2) is 8.41. The van der Waals surface area contributed by atoms with Crippen molar-refractivity contribution in [3.63, 3.8) is 0 Å². The molecule has 1 amide bonds. The van der Waals surface area contributed by atoms with Crippen molar-refractivity contribution >= 4 is 5.91 Å². The van der Waals surface area contributed by atoms with Crippen LogP contribution in [0.25, 0.3) is 0 Å². The Morgan fingerprint density at radius 2 is 2.04 bits per heavy atom. The number of aromatic nitrogens is 2. The fourth-order valence-electron chi connectivity index (χ4n) is 3.49. The van der Waals surface area contributed by atoms with E-state index in [0.29, 0.717) is 31.1 Å². The highest BCUT2D eigenvalue weighted by Gasteiger charge is 2.24. The van der Waals surface area contributed by atoms with E-state index in [2.05, 4.69) is 5.10 Å². The largest absolute Gasteiger partial charge is 0.341 e. The fourth-order valence-corrected chi connectivity index (χ4v) is 3.49. The van der Waals surface area contributed by atoms with Crippen LogP contribution in [0.2, 0.25) is 0 Å². The van der Waals surface area contributed by atoms with Gasteiger partial charge < -0.3 is 4.90 Å². The molecule has 2 aromatic rings. The van der Waals surface area contributed by atoms with E-state index in [0.717, 1.165) is 30.9 Å². The molecule has 1 aromatic carbocycles. The number of aryl methyl sites for hydroxylation is 2. The van der Waals surface area contributed by atoms with Gasteiger partial charge in [0.25, 0.3) is 5.56 Å². The van der Waals surface area contributed by atoms with Gasteiger partial charge in [0.15, 0.2) is 11.6 Å². The van der Waals surface area contributed by atoms with Crippen molar-refractivity contribution in [2.45, 2.75) is 39.2 Å². The molecule has 3 rings (SSSR count). The Hall–Kier alpha value is -2.57. The monoisotopic (exact) mass is 375 g/mol. The molecule has 144 valence electrons. The maximum absolute atomic E-state index is 13.3. The van der Waals surface area contributed by atoms with E-state index < -0.39 is 11.6 Å². The Bertz CT molecular complexity index is 882. The van der Waals surface area contributed by atoms with Crippen molar-refractivity contribution in [3.05, 3.63) is 63.6 Å². The lowest BCUT2D eigenvalue weighted by Gasteiger charge is -2.33. The third-order valence-electron chi connectivity index (χ3n) is 4.98. The van der Waals surface area contributed by atoms with Gasteiger partial charge >= 0.3 is 0 Å². The van der Waals surface area contributed by atoms with E-state index in [-0.39, 0.29) is 18.0 Å². The Kier molecular flexibility index (Phi) is 5.98. The van der Waals surface area contributed by atoms with Crippen molar-refractivity contribution in [1.82, 2.24) is 14.7 Å². The summed E-state index contributed by atoms with van der Waals surface area (Å²) in [5, 5.41) is 4.11. The van der Waals surface area contributed by atoms with Crippen LogP contribution in [-0.4, -0.2) is 33.7 Å². The first-order valence-electron chi connectivity index (χ1n) is 9.19. The normalized spacial score (nSPS) is 17.1. The highest BCUT2D eigenvalue weighted by Crippen LogP contribution is 2.22. The number of carbonyl (C=O) groups excluding carboxylic acids is 1. The summed E-state index contributed by atoms with van der Waals surface area (Å²) >= 11 is 0. The first-order valence-corrected chi connectivity index (χ1v) is 9.19. The third kappa shape index (κ3) is 4.99. The molecule has 27 heavy (non-hydrogen) atoms. The lowest BCUT2D eigenvalue weighted by atomic mass is 9.91. The van der Waals surface area contributed by atoms with Crippen LogP contribution in [0.1, 0.15) is 30.5 Å². The predicted octanol–water partition coefficient (Wildman–Crippen LogP) is 2.70. The molecule has 1 aromatic heterocycles. The van der Waals surface area contributed by atoms with Crippen molar-refractivity contribution in [3.8, 4) is 0 Å². The number of amides is 1. The predicted molar refractivity (Wildman–Crippen MR) is 97.2 cm³/mol. The second-order valence-corrected chi connectivity index (χ2v) is 7.11. The Labute approximate surface area is 156 Å². The van der Waals surface area contributed by atoms with E-state index >= 15 is 0 Å². The molecule has 1 saturated heterocycles. The van der Waals surface area contributed by atoms with Gasteiger partial charge in [0.1, 0.15) is 6.54 Å². The molecule has 5 nitrogen and oxygen atoms in total. The van der Waals surface area contributed by atoms with Crippen molar-refractivity contribution in [2.24, 2.45) is 5.92 Å². The Balaban J connectivity index is 1.56. The Morgan fingerprint density at radius 1 is 1.22 bits per heavy atom. The summed E-state index contributed by atoms with van der Waals surface area (Å²) in [5.74, 6) is -1.48. The topological polar surface area (TPSA) is 55.2 Å². The minimum atomic E-state index is -0.840. The second-order valence-electron chi connectivity index (χ2n) is 7.11. The smallest absolute Gasteiger partial charge is 0.267 e. The van der Waals surface area contributed by atoms with Gasteiger partial charge in [-0.25, -0.2) is 13.5 Å². The quantitative estimate of drug-likeness (QED) is 0.807. The first-order chi connectivity index (χ1) is 12.9. The first kappa shape index (κ1) is 19.2. The van der Waals surface area contributed by atoms with E-state index in [1.807, 2.05) is 0 Å². The van der Waals surface area contributed by atoms with Crippen LogP contribution in [0.15, 0.2) is 35.1 Å². The number of hydrogen-bond acceptors (Lipinski definition) is 3. The van der Waals surface area contributed by atoms with Gasteiger partial charge in [-0.2, -0.15) is 5.10 Å². The van der Waals surface area contributed by atoms with E-state index in [9.17, 15) is 18.4 Å². The molecule has 0 N–H and O–H groups in total. The van der Waals surface area contributed by atoms with Crippen LogP contribution in [0.5, 0.6) is 0 Å². The zero-order valence-electron chi connectivity index (χ0n) is 15.3. The molecule has 0 spiro atoms. The molecule has 0 unspecified atom stereocenters. The molecule has 1 atom stereocenters. The summed E-state index contributed by atoms with van der Waals surface area (Å²) < 4.78 is 27.5. The summed E-state index contributed by atoms with van der Waals surface area (Å²) in [6, 6.07) is 7.01. The molecule has 0 bridgehead atoms. The number of piperidine rings is 1. The summed E-state index contributed by atoms with van der Waals surface area (Å²) in [5.41, 5.74) is 1.15. The molecule has 7 heteroatoms. The zero-order chi connectivity index (χ0) is 19.4.